The van der Waals surface area contributed by atoms with Crippen LogP contribution in [0, 0.1) is 17.7 Å². The van der Waals surface area contributed by atoms with Gasteiger partial charge in [0.05, 0.1) is 18.7 Å². The molecule has 1 aromatic carbocycles. The first-order valence-electron chi connectivity index (χ1n) is 5.38. The Bertz CT molecular complexity index is 410. The zero-order valence-electron chi connectivity index (χ0n) is 9.83. The van der Waals surface area contributed by atoms with Crippen LogP contribution in [0.4, 0.5) is 4.39 Å². The number of hydrogen-bond acceptors (Lipinski definition) is 3. The van der Waals surface area contributed by atoms with Crippen LogP contribution in [0.15, 0.2) is 18.2 Å². The molecule has 1 aromatic rings. The topological polar surface area (TPSA) is 44.5 Å². The van der Waals surface area contributed by atoms with E-state index < -0.39 is 5.82 Å². The number of methoxy groups -OCH3 is 1. The molecule has 0 bridgehead atoms. The Labute approximate surface area is 101 Å². The second-order valence-electron chi connectivity index (χ2n) is 3.34. The van der Waals surface area contributed by atoms with Crippen molar-refractivity contribution >= 4 is 0 Å². The lowest BCUT2D eigenvalue weighted by Gasteiger charge is -2.06. The van der Waals surface area contributed by atoms with Gasteiger partial charge in [0, 0.05) is 26.2 Å². The molecule has 92 valence electrons. The second kappa shape index (κ2) is 7.66. The maximum atomic E-state index is 13.5. The van der Waals surface area contributed by atoms with Gasteiger partial charge in [-0.15, -0.1) is 0 Å². The van der Waals surface area contributed by atoms with Crippen molar-refractivity contribution in [1.82, 2.24) is 0 Å². The van der Waals surface area contributed by atoms with Gasteiger partial charge in [0.25, 0.3) is 0 Å². The summed E-state index contributed by atoms with van der Waals surface area (Å²) in [5.74, 6) is 5.36. The predicted octanol–water partition coefficient (Wildman–Crippen LogP) is 1.55. The van der Waals surface area contributed by atoms with Crippen LogP contribution in [0.3, 0.4) is 0 Å². The van der Waals surface area contributed by atoms with Gasteiger partial charge < -0.3 is 15.2 Å². The van der Waals surface area contributed by atoms with Crippen LogP contribution in [0.1, 0.15) is 12.0 Å². The zero-order valence-corrected chi connectivity index (χ0v) is 9.83. The third-order valence-corrected chi connectivity index (χ3v) is 2.03. The number of benzene rings is 1. The summed E-state index contributed by atoms with van der Waals surface area (Å²) in [6.07, 6.45) is 0.771. The highest BCUT2D eigenvalue weighted by Crippen LogP contribution is 2.16. The average Bonchev–Trinajstić information content (AvgIpc) is 2.34. The number of hydrogen-bond donors (Lipinski definition) is 1. The van der Waals surface area contributed by atoms with Gasteiger partial charge in [0.15, 0.2) is 0 Å². The molecule has 3 nitrogen and oxygen atoms in total. The molecule has 0 fully saturated rings. The Morgan fingerprint density at radius 1 is 1.35 bits per heavy atom. The van der Waals surface area contributed by atoms with Gasteiger partial charge in [-0.2, -0.15) is 0 Å². The summed E-state index contributed by atoms with van der Waals surface area (Å²) in [4.78, 5) is 0. The molecule has 0 aliphatic carbocycles. The largest absolute Gasteiger partial charge is 0.493 e. The molecular formula is C13H16FNO2. The highest BCUT2D eigenvalue weighted by molar-refractivity contribution is 5.39. The molecule has 17 heavy (non-hydrogen) atoms. The summed E-state index contributed by atoms with van der Waals surface area (Å²) in [6.45, 7) is 1.35. The molecule has 0 aliphatic rings. The molecule has 0 radical (unpaired) electrons. The highest BCUT2D eigenvalue weighted by Gasteiger charge is 2.01. The summed E-state index contributed by atoms with van der Waals surface area (Å²) < 4.78 is 23.7. The lowest BCUT2D eigenvalue weighted by Crippen LogP contribution is -2.01. The molecule has 0 amide bonds. The lowest BCUT2D eigenvalue weighted by atomic mass is 10.2. The number of nitrogens with two attached hydrogens (primary N) is 1. The zero-order chi connectivity index (χ0) is 12.5. The summed E-state index contributed by atoms with van der Waals surface area (Å²) in [5.41, 5.74) is 5.55. The summed E-state index contributed by atoms with van der Waals surface area (Å²) in [7, 11) is 1.63. The number of ether oxygens (including phenoxy) is 2. The van der Waals surface area contributed by atoms with Crippen molar-refractivity contribution < 1.29 is 13.9 Å². The van der Waals surface area contributed by atoms with Crippen LogP contribution in [-0.2, 0) is 4.74 Å². The van der Waals surface area contributed by atoms with Crippen molar-refractivity contribution in [2.75, 3.05) is 26.9 Å². The molecule has 0 aromatic heterocycles. The predicted molar refractivity (Wildman–Crippen MR) is 64.3 cm³/mol. The van der Waals surface area contributed by atoms with E-state index in [2.05, 4.69) is 11.8 Å². The van der Waals surface area contributed by atoms with E-state index in [9.17, 15) is 4.39 Å². The average molecular weight is 237 g/mol. The van der Waals surface area contributed by atoms with Crippen molar-refractivity contribution in [2.45, 2.75) is 6.42 Å². The maximum Gasteiger partial charge on any atom is 0.142 e. The highest BCUT2D eigenvalue weighted by atomic mass is 19.1. The van der Waals surface area contributed by atoms with Crippen molar-refractivity contribution in [3.05, 3.63) is 29.6 Å². The monoisotopic (exact) mass is 237 g/mol. The molecule has 4 heteroatoms. The van der Waals surface area contributed by atoms with E-state index in [0.717, 1.165) is 6.42 Å². The second-order valence-corrected chi connectivity index (χ2v) is 3.34. The van der Waals surface area contributed by atoms with Crippen LogP contribution in [0.2, 0.25) is 0 Å². The Morgan fingerprint density at radius 3 is 2.82 bits per heavy atom. The summed E-state index contributed by atoms with van der Waals surface area (Å²) >= 11 is 0. The van der Waals surface area contributed by atoms with Crippen molar-refractivity contribution in [2.24, 2.45) is 5.73 Å². The van der Waals surface area contributed by atoms with E-state index in [4.69, 9.17) is 15.2 Å². The Hall–Kier alpha value is -1.57. The van der Waals surface area contributed by atoms with E-state index >= 15 is 0 Å². The quantitative estimate of drug-likeness (QED) is 0.624. The van der Waals surface area contributed by atoms with Crippen molar-refractivity contribution in [1.29, 1.82) is 0 Å². The fourth-order valence-corrected chi connectivity index (χ4v) is 1.23. The molecule has 0 atom stereocenters. The molecule has 0 spiro atoms. The van der Waals surface area contributed by atoms with Crippen LogP contribution in [-0.4, -0.2) is 26.9 Å². The third kappa shape index (κ3) is 4.85. The van der Waals surface area contributed by atoms with Crippen LogP contribution in [0.25, 0.3) is 0 Å². The van der Waals surface area contributed by atoms with Crippen molar-refractivity contribution in [3.8, 4) is 17.6 Å². The lowest BCUT2D eigenvalue weighted by molar-refractivity contribution is 0.172. The fourth-order valence-electron chi connectivity index (χ4n) is 1.23. The van der Waals surface area contributed by atoms with Gasteiger partial charge >= 0.3 is 0 Å². The summed E-state index contributed by atoms with van der Waals surface area (Å²) in [5, 5.41) is 0. The van der Waals surface area contributed by atoms with E-state index in [0.29, 0.717) is 24.5 Å². The van der Waals surface area contributed by atoms with E-state index in [1.807, 2.05) is 0 Å². The normalized spacial score (nSPS) is 9.59. The SMILES string of the molecule is COCCCOc1ccc(C#CCN)c(F)c1. The van der Waals surface area contributed by atoms with Crippen molar-refractivity contribution in [3.63, 3.8) is 0 Å². The van der Waals surface area contributed by atoms with E-state index in [1.54, 1.807) is 19.2 Å². The number of halogens is 1. The van der Waals surface area contributed by atoms with Gasteiger partial charge in [0.1, 0.15) is 11.6 Å². The van der Waals surface area contributed by atoms with Gasteiger partial charge in [0.2, 0.25) is 0 Å². The minimum Gasteiger partial charge on any atom is -0.493 e. The first-order valence-corrected chi connectivity index (χ1v) is 5.38. The van der Waals surface area contributed by atoms with Crippen LogP contribution < -0.4 is 10.5 Å². The molecule has 1 rings (SSSR count). The molecule has 0 aliphatic heterocycles. The Balaban J connectivity index is 2.56. The maximum absolute atomic E-state index is 13.5. The Morgan fingerprint density at radius 2 is 2.18 bits per heavy atom. The molecular weight excluding hydrogens is 221 g/mol. The summed E-state index contributed by atoms with van der Waals surface area (Å²) in [6, 6.07) is 4.60. The molecule has 0 heterocycles. The molecule has 0 saturated heterocycles. The minimum absolute atomic E-state index is 0.217. The number of rotatable bonds is 5. The smallest absolute Gasteiger partial charge is 0.142 e. The van der Waals surface area contributed by atoms with Gasteiger partial charge in [-0.25, -0.2) is 4.39 Å². The molecule has 2 N–H and O–H groups in total. The molecule has 0 saturated carbocycles. The van der Waals surface area contributed by atoms with Gasteiger partial charge in [-0.3, -0.25) is 0 Å². The first kappa shape index (κ1) is 13.5. The first-order chi connectivity index (χ1) is 8.27. The van der Waals surface area contributed by atoms with Gasteiger partial charge in [-0.1, -0.05) is 11.8 Å². The minimum atomic E-state index is -0.393. The van der Waals surface area contributed by atoms with Crippen LogP contribution >= 0.6 is 0 Å². The fraction of sp³-hybridized carbons (Fsp3) is 0.385. The standard InChI is InChI=1S/C13H16FNO2/c1-16-8-3-9-17-12-6-5-11(4-2-7-15)13(14)10-12/h5-6,10H,3,7-9,15H2,1H3. The van der Waals surface area contributed by atoms with E-state index in [-0.39, 0.29) is 6.54 Å². The Kier molecular flexibility index (Phi) is 6.08. The van der Waals surface area contributed by atoms with Crippen LogP contribution in [0.5, 0.6) is 5.75 Å². The molecule has 0 unspecified atom stereocenters. The third-order valence-electron chi connectivity index (χ3n) is 2.03. The van der Waals surface area contributed by atoms with E-state index in [1.165, 1.54) is 6.07 Å². The van der Waals surface area contributed by atoms with Gasteiger partial charge in [-0.05, 0) is 12.1 Å².